The number of ether oxygens (including phenoxy) is 1. The smallest absolute Gasteiger partial charge is 0.0962 e. The maximum absolute atomic E-state index is 5.69. The Labute approximate surface area is 75.7 Å². The van der Waals surface area contributed by atoms with Crippen molar-refractivity contribution in [1.82, 2.24) is 0 Å². The molecule has 0 N–H and O–H groups in total. The van der Waals surface area contributed by atoms with Gasteiger partial charge in [0.25, 0.3) is 0 Å². The quantitative estimate of drug-likeness (QED) is 0.397. The maximum atomic E-state index is 5.69. The van der Waals surface area contributed by atoms with Crippen molar-refractivity contribution in [2.24, 2.45) is 0 Å². The first-order chi connectivity index (χ1) is 4.87. The second kappa shape index (κ2) is 2.63. The molecule has 0 bridgehead atoms. The molecule has 0 aromatic heterocycles. The van der Waals surface area contributed by atoms with Gasteiger partial charge in [-0.3, -0.25) is 0 Å². The maximum Gasteiger partial charge on any atom is 0.0962 e. The average molecular weight is 252 g/mol. The third-order valence-corrected chi connectivity index (χ3v) is 3.55. The van der Waals surface area contributed by atoms with E-state index in [0.717, 1.165) is 0 Å². The highest BCUT2D eigenvalue weighted by Crippen LogP contribution is 2.48. The van der Waals surface area contributed by atoms with E-state index in [1.165, 1.54) is 36.5 Å². The van der Waals surface area contributed by atoms with Crippen molar-refractivity contribution < 1.29 is 4.74 Å². The summed E-state index contributed by atoms with van der Waals surface area (Å²) in [6.07, 6.45) is 7.51. The van der Waals surface area contributed by atoms with Crippen LogP contribution in [0.25, 0.3) is 0 Å². The summed E-state index contributed by atoms with van der Waals surface area (Å²) in [4.78, 5) is 0. The largest absolute Gasteiger partial charge is 0.365 e. The predicted molar refractivity (Wildman–Crippen MR) is 49.6 cm³/mol. The summed E-state index contributed by atoms with van der Waals surface area (Å²) in [5.74, 6) is 0. The molecule has 0 aromatic carbocycles. The van der Waals surface area contributed by atoms with E-state index in [0.29, 0.717) is 11.7 Å². The Hall–Kier alpha value is 0.690. The number of hydrogen-bond donors (Lipinski definition) is 0. The average Bonchev–Trinajstić information content (AvgIpc) is 2.65. The zero-order valence-corrected chi connectivity index (χ0v) is 8.26. The van der Waals surface area contributed by atoms with Gasteiger partial charge in [0.15, 0.2) is 0 Å². The van der Waals surface area contributed by atoms with Gasteiger partial charge >= 0.3 is 0 Å². The van der Waals surface area contributed by atoms with Crippen molar-refractivity contribution in [3.05, 3.63) is 0 Å². The Morgan fingerprint density at radius 3 is 2.50 bits per heavy atom. The summed E-state index contributed by atoms with van der Waals surface area (Å²) in [6.45, 7) is 0. The Balaban J connectivity index is 1.92. The summed E-state index contributed by atoms with van der Waals surface area (Å²) in [6, 6.07) is 0. The molecule has 10 heavy (non-hydrogen) atoms. The van der Waals surface area contributed by atoms with Gasteiger partial charge in [-0.1, -0.05) is 41.9 Å². The lowest BCUT2D eigenvalue weighted by atomic mass is 9.87. The van der Waals surface area contributed by atoms with Crippen LogP contribution >= 0.6 is 22.6 Å². The van der Waals surface area contributed by atoms with E-state index in [-0.39, 0.29) is 0 Å². The van der Waals surface area contributed by atoms with Crippen LogP contribution in [0.5, 0.6) is 0 Å². The molecule has 0 aromatic rings. The molecule has 1 saturated heterocycles. The lowest BCUT2D eigenvalue weighted by Gasteiger charge is -2.17. The van der Waals surface area contributed by atoms with Gasteiger partial charge in [-0.2, -0.15) is 0 Å². The molecule has 2 aliphatic rings. The van der Waals surface area contributed by atoms with E-state index in [1.807, 2.05) is 0 Å². The number of epoxide rings is 1. The van der Waals surface area contributed by atoms with Crippen LogP contribution in [0.3, 0.4) is 0 Å². The summed E-state index contributed by atoms with van der Waals surface area (Å²) in [7, 11) is 0. The summed E-state index contributed by atoms with van der Waals surface area (Å²) in [5.41, 5.74) is 0.388. The number of hydrogen-bond acceptors (Lipinski definition) is 1. The number of rotatable bonds is 1. The minimum Gasteiger partial charge on any atom is -0.365 e. The Morgan fingerprint density at radius 1 is 1.30 bits per heavy atom. The third-order valence-electron chi connectivity index (χ3n) is 2.75. The number of halogens is 1. The molecule has 1 unspecified atom stereocenters. The van der Waals surface area contributed by atoms with E-state index in [4.69, 9.17) is 4.74 Å². The molecular weight excluding hydrogens is 239 g/mol. The van der Waals surface area contributed by atoms with E-state index in [9.17, 15) is 0 Å². The molecular formula is C8H13IO. The molecule has 1 saturated carbocycles. The van der Waals surface area contributed by atoms with Crippen molar-refractivity contribution in [2.75, 3.05) is 4.43 Å². The van der Waals surface area contributed by atoms with Gasteiger partial charge in [-0.05, 0) is 12.8 Å². The van der Waals surface area contributed by atoms with Crippen molar-refractivity contribution in [3.63, 3.8) is 0 Å². The molecule has 1 atom stereocenters. The fourth-order valence-electron chi connectivity index (χ4n) is 2.01. The monoisotopic (exact) mass is 252 g/mol. The first-order valence-corrected chi connectivity index (χ1v) is 5.64. The van der Waals surface area contributed by atoms with Crippen LogP contribution in [-0.4, -0.2) is 16.1 Å². The zero-order valence-electron chi connectivity index (χ0n) is 6.11. The van der Waals surface area contributed by atoms with Crippen molar-refractivity contribution in [2.45, 2.75) is 43.8 Å². The van der Waals surface area contributed by atoms with Crippen LogP contribution < -0.4 is 0 Å². The topological polar surface area (TPSA) is 12.5 Å². The van der Waals surface area contributed by atoms with Gasteiger partial charge in [-0.25, -0.2) is 0 Å². The lowest BCUT2D eigenvalue weighted by molar-refractivity contribution is 0.234. The van der Waals surface area contributed by atoms with Gasteiger partial charge in [0, 0.05) is 4.43 Å². The van der Waals surface area contributed by atoms with E-state index in [1.54, 1.807) is 0 Å². The van der Waals surface area contributed by atoms with Crippen LogP contribution in [0.4, 0.5) is 0 Å². The Kier molecular flexibility index (Phi) is 1.93. The van der Waals surface area contributed by atoms with Gasteiger partial charge in [0.2, 0.25) is 0 Å². The third kappa shape index (κ3) is 1.09. The molecule has 2 rings (SSSR count). The minimum absolute atomic E-state index is 0.388. The molecule has 58 valence electrons. The molecule has 2 heteroatoms. The van der Waals surface area contributed by atoms with Gasteiger partial charge in [0.1, 0.15) is 0 Å². The van der Waals surface area contributed by atoms with Gasteiger partial charge in [-0.15, -0.1) is 0 Å². The van der Waals surface area contributed by atoms with Crippen LogP contribution in [0.2, 0.25) is 0 Å². The number of alkyl halides is 1. The minimum atomic E-state index is 0.388. The summed E-state index contributed by atoms with van der Waals surface area (Å²) >= 11 is 2.43. The van der Waals surface area contributed by atoms with Gasteiger partial charge in [0.05, 0.1) is 11.7 Å². The fourth-order valence-corrected chi connectivity index (χ4v) is 2.99. The van der Waals surface area contributed by atoms with Crippen LogP contribution in [0.15, 0.2) is 0 Å². The van der Waals surface area contributed by atoms with Gasteiger partial charge < -0.3 is 4.74 Å². The second-order valence-electron chi connectivity index (χ2n) is 3.39. The van der Waals surface area contributed by atoms with Crippen LogP contribution in [-0.2, 0) is 4.74 Å². The lowest BCUT2D eigenvalue weighted by Crippen LogP contribution is -2.19. The zero-order chi connectivity index (χ0) is 7.03. The fraction of sp³-hybridized carbons (Fsp3) is 1.00. The van der Waals surface area contributed by atoms with E-state index in [2.05, 4.69) is 22.6 Å². The highest BCUT2D eigenvalue weighted by atomic mass is 127. The molecule has 1 aliphatic heterocycles. The predicted octanol–water partition coefficient (Wildman–Crippen LogP) is 2.52. The van der Waals surface area contributed by atoms with Crippen molar-refractivity contribution >= 4 is 22.6 Å². The molecule has 1 heterocycles. The first-order valence-electron chi connectivity index (χ1n) is 4.11. The Bertz CT molecular complexity index is 129. The van der Waals surface area contributed by atoms with E-state index >= 15 is 0 Å². The molecule has 1 nitrogen and oxygen atoms in total. The normalized spacial score (nSPS) is 36.3. The molecule has 0 radical (unpaired) electrons. The van der Waals surface area contributed by atoms with Crippen molar-refractivity contribution in [1.29, 1.82) is 0 Å². The van der Waals surface area contributed by atoms with E-state index < -0.39 is 0 Å². The summed E-state index contributed by atoms with van der Waals surface area (Å²) < 4.78 is 6.88. The first kappa shape index (κ1) is 7.35. The van der Waals surface area contributed by atoms with Crippen LogP contribution in [0.1, 0.15) is 32.1 Å². The highest BCUT2D eigenvalue weighted by Gasteiger charge is 2.54. The highest BCUT2D eigenvalue weighted by molar-refractivity contribution is 14.1. The molecule has 0 amide bonds. The van der Waals surface area contributed by atoms with Crippen molar-refractivity contribution in [3.8, 4) is 0 Å². The SMILES string of the molecule is ICC1OC12CCCCC2. The Morgan fingerprint density at radius 2 is 2.00 bits per heavy atom. The summed E-state index contributed by atoms with van der Waals surface area (Å²) in [5, 5.41) is 0. The van der Waals surface area contributed by atoms with Crippen LogP contribution in [0, 0.1) is 0 Å². The standard InChI is InChI=1S/C8H13IO/c9-6-7-8(10-7)4-2-1-3-5-8/h7H,1-6H2. The molecule has 1 aliphatic carbocycles. The molecule has 1 spiro atoms. The second-order valence-corrected chi connectivity index (χ2v) is 4.27. The molecule has 2 fully saturated rings.